The van der Waals surface area contributed by atoms with Gasteiger partial charge in [0.25, 0.3) is 5.56 Å². The number of carbonyl (C=O) groups excluding carboxylic acids is 1. The van der Waals surface area contributed by atoms with Gasteiger partial charge in [-0.25, -0.2) is 4.98 Å². The molecule has 1 amide bonds. The van der Waals surface area contributed by atoms with Crippen LogP contribution in [0.25, 0.3) is 21.3 Å². The number of aromatic nitrogens is 2. The summed E-state index contributed by atoms with van der Waals surface area (Å²) >= 11 is 1.38. The molecule has 186 valence electrons. The molecule has 2 heterocycles. The number of thiophene rings is 1. The molecule has 0 fully saturated rings. The predicted octanol–water partition coefficient (Wildman–Crippen LogP) is 5.52. The summed E-state index contributed by atoms with van der Waals surface area (Å²) in [5.74, 6) is 0.838. The van der Waals surface area contributed by atoms with Crippen LogP contribution < -0.4 is 25.7 Å². The van der Waals surface area contributed by atoms with E-state index >= 15 is 0 Å². The molecule has 0 aliphatic heterocycles. The summed E-state index contributed by atoms with van der Waals surface area (Å²) < 4.78 is 12.0. The van der Waals surface area contributed by atoms with Crippen molar-refractivity contribution in [3.63, 3.8) is 0 Å². The maximum atomic E-state index is 13.4. The van der Waals surface area contributed by atoms with E-state index in [9.17, 15) is 9.59 Å². The van der Waals surface area contributed by atoms with E-state index in [2.05, 4.69) is 15.6 Å². The van der Waals surface area contributed by atoms with E-state index in [0.29, 0.717) is 27.4 Å². The minimum absolute atomic E-state index is 0.160. The lowest BCUT2D eigenvalue weighted by atomic mass is 10.1. The molecule has 9 heteroatoms. The maximum absolute atomic E-state index is 13.4. The van der Waals surface area contributed by atoms with Gasteiger partial charge in [0.2, 0.25) is 5.91 Å². The van der Waals surface area contributed by atoms with Crippen molar-refractivity contribution in [2.75, 3.05) is 24.9 Å². The van der Waals surface area contributed by atoms with Crippen molar-refractivity contribution in [2.24, 2.45) is 0 Å². The molecule has 2 aromatic heterocycles. The minimum atomic E-state index is -0.324. The van der Waals surface area contributed by atoms with Crippen LogP contribution in [0, 0.1) is 0 Å². The van der Waals surface area contributed by atoms with Gasteiger partial charge in [-0.05, 0) is 54.1 Å². The lowest BCUT2D eigenvalue weighted by Gasteiger charge is -2.10. The largest absolute Gasteiger partial charge is 0.493 e. The van der Waals surface area contributed by atoms with Crippen molar-refractivity contribution >= 4 is 44.5 Å². The minimum Gasteiger partial charge on any atom is -0.493 e. The third kappa shape index (κ3) is 5.17. The number of carbonyl (C=O) groups is 1. The lowest BCUT2D eigenvalue weighted by molar-refractivity contribution is -0.116. The number of hydrogen-bond acceptors (Lipinski definition) is 7. The second kappa shape index (κ2) is 10.5. The molecule has 0 aliphatic carbocycles. The van der Waals surface area contributed by atoms with E-state index in [4.69, 9.17) is 9.47 Å². The van der Waals surface area contributed by atoms with Gasteiger partial charge >= 0.3 is 0 Å². The lowest BCUT2D eigenvalue weighted by Crippen LogP contribution is -2.27. The Hall–Kier alpha value is -4.63. The summed E-state index contributed by atoms with van der Waals surface area (Å²) in [4.78, 5) is 31.1. The van der Waals surface area contributed by atoms with Crippen LogP contribution in [0.15, 0.2) is 89.3 Å². The molecule has 0 saturated carbocycles. The number of ether oxygens (including phenoxy) is 2. The van der Waals surface area contributed by atoms with Crippen LogP contribution in [0.1, 0.15) is 0 Å². The molecule has 0 spiro atoms. The number of para-hydroxylation sites is 1. The van der Waals surface area contributed by atoms with Gasteiger partial charge in [-0.2, -0.15) is 0 Å². The highest BCUT2D eigenvalue weighted by molar-refractivity contribution is 7.17. The fraction of sp³-hybridized carbons (Fsp3) is 0.107. The molecular formula is C28H24N4O4S. The Morgan fingerprint density at radius 1 is 0.919 bits per heavy atom. The first kappa shape index (κ1) is 24.1. The predicted molar refractivity (Wildman–Crippen MR) is 147 cm³/mol. The van der Waals surface area contributed by atoms with Crippen molar-refractivity contribution in [2.45, 2.75) is 6.54 Å². The molecule has 0 atom stereocenters. The SMILES string of the molecule is COc1ccc(-c2csc3ncn(CC(=O)Nc4ccc(Nc5ccccc5)cc4)c(=O)c23)cc1OC. The molecule has 0 aliphatic rings. The summed E-state index contributed by atoms with van der Waals surface area (Å²) in [5, 5.41) is 8.49. The average molecular weight is 513 g/mol. The first-order chi connectivity index (χ1) is 18.1. The van der Waals surface area contributed by atoms with Crippen LogP contribution in [0.2, 0.25) is 0 Å². The molecule has 0 unspecified atom stereocenters. The van der Waals surface area contributed by atoms with E-state index in [0.717, 1.165) is 22.5 Å². The zero-order valence-corrected chi connectivity index (χ0v) is 21.0. The van der Waals surface area contributed by atoms with Crippen LogP contribution in [0.4, 0.5) is 17.1 Å². The van der Waals surface area contributed by atoms with Gasteiger partial charge in [-0.1, -0.05) is 24.3 Å². The topological polar surface area (TPSA) is 94.5 Å². The highest BCUT2D eigenvalue weighted by Gasteiger charge is 2.16. The molecule has 5 aromatic rings. The van der Waals surface area contributed by atoms with E-state index < -0.39 is 0 Å². The normalized spacial score (nSPS) is 10.8. The molecule has 2 N–H and O–H groups in total. The van der Waals surface area contributed by atoms with E-state index in [1.807, 2.05) is 60.0 Å². The van der Waals surface area contributed by atoms with E-state index in [1.165, 1.54) is 22.2 Å². The zero-order chi connectivity index (χ0) is 25.8. The van der Waals surface area contributed by atoms with Crippen molar-refractivity contribution in [1.29, 1.82) is 0 Å². The number of anilines is 3. The molecular weight excluding hydrogens is 488 g/mol. The molecule has 0 saturated heterocycles. The number of nitrogens with one attached hydrogen (secondary N) is 2. The van der Waals surface area contributed by atoms with Crippen molar-refractivity contribution < 1.29 is 14.3 Å². The summed E-state index contributed by atoms with van der Waals surface area (Å²) in [6.45, 7) is -0.160. The van der Waals surface area contributed by atoms with Crippen molar-refractivity contribution in [3.05, 3.63) is 94.9 Å². The maximum Gasteiger partial charge on any atom is 0.263 e. The van der Waals surface area contributed by atoms with Crippen LogP contribution in [-0.4, -0.2) is 29.7 Å². The number of rotatable bonds is 8. The number of amides is 1. The molecule has 8 nitrogen and oxygen atoms in total. The Labute approximate surface area is 217 Å². The summed E-state index contributed by atoms with van der Waals surface area (Å²) in [5.41, 5.74) is 3.75. The Morgan fingerprint density at radius 3 is 2.35 bits per heavy atom. The zero-order valence-electron chi connectivity index (χ0n) is 20.2. The number of hydrogen-bond donors (Lipinski definition) is 2. The molecule has 3 aromatic carbocycles. The molecule has 37 heavy (non-hydrogen) atoms. The summed E-state index contributed by atoms with van der Waals surface area (Å²) in [7, 11) is 3.13. The average Bonchev–Trinajstić information content (AvgIpc) is 3.36. The fourth-order valence-corrected chi connectivity index (χ4v) is 4.88. The number of fused-ring (bicyclic) bond motifs is 1. The summed E-state index contributed by atoms with van der Waals surface area (Å²) in [6, 6.07) is 22.7. The molecule has 0 bridgehead atoms. The fourth-order valence-electron chi connectivity index (χ4n) is 3.98. The number of nitrogens with zero attached hydrogens (tertiary/aromatic N) is 2. The van der Waals surface area contributed by atoms with Gasteiger partial charge in [-0.3, -0.25) is 14.2 Å². The Balaban J connectivity index is 1.34. The van der Waals surface area contributed by atoms with Gasteiger partial charge in [0.15, 0.2) is 11.5 Å². The van der Waals surface area contributed by atoms with Crippen molar-refractivity contribution in [1.82, 2.24) is 9.55 Å². The van der Waals surface area contributed by atoms with Crippen LogP contribution in [0.3, 0.4) is 0 Å². The molecule has 0 radical (unpaired) electrons. The second-order valence-electron chi connectivity index (χ2n) is 8.19. The molecule has 5 rings (SSSR count). The quantitative estimate of drug-likeness (QED) is 0.284. The number of methoxy groups -OCH3 is 2. The van der Waals surface area contributed by atoms with Gasteiger partial charge < -0.3 is 20.1 Å². The van der Waals surface area contributed by atoms with E-state index in [1.54, 1.807) is 32.4 Å². The third-order valence-electron chi connectivity index (χ3n) is 5.80. The Bertz CT molecular complexity index is 1610. The first-order valence-electron chi connectivity index (χ1n) is 11.5. The first-order valence-corrected chi connectivity index (χ1v) is 12.3. The number of benzene rings is 3. The van der Waals surface area contributed by atoms with Gasteiger partial charge in [0.1, 0.15) is 11.4 Å². The third-order valence-corrected chi connectivity index (χ3v) is 6.69. The smallest absolute Gasteiger partial charge is 0.263 e. The van der Waals surface area contributed by atoms with Crippen LogP contribution in [0.5, 0.6) is 11.5 Å². The van der Waals surface area contributed by atoms with Gasteiger partial charge in [0, 0.05) is 28.0 Å². The monoisotopic (exact) mass is 512 g/mol. The highest BCUT2D eigenvalue weighted by atomic mass is 32.1. The van der Waals surface area contributed by atoms with Gasteiger partial charge in [-0.15, -0.1) is 11.3 Å². The highest BCUT2D eigenvalue weighted by Crippen LogP contribution is 2.36. The van der Waals surface area contributed by atoms with Gasteiger partial charge in [0.05, 0.1) is 25.9 Å². The Kier molecular flexibility index (Phi) is 6.87. The van der Waals surface area contributed by atoms with E-state index in [-0.39, 0.29) is 18.0 Å². The Morgan fingerprint density at radius 2 is 1.62 bits per heavy atom. The second-order valence-corrected chi connectivity index (χ2v) is 9.05. The summed E-state index contributed by atoms with van der Waals surface area (Å²) in [6.07, 6.45) is 1.41. The van der Waals surface area contributed by atoms with Crippen LogP contribution in [-0.2, 0) is 11.3 Å². The van der Waals surface area contributed by atoms with Crippen LogP contribution >= 0.6 is 11.3 Å². The standard InChI is InChI=1S/C28H24N4O4S/c1-35-23-13-8-18(14-24(23)36-2)22-16-37-27-26(22)28(34)32(17-29-27)15-25(33)31-21-11-9-20(10-12-21)30-19-6-4-3-5-7-19/h3-14,16-17,30H,15H2,1-2H3,(H,31,33). The van der Waals surface area contributed by atoms with Crippen molar-refractivity contribution in [3.8, 4) is 22.6 Å².